The van der Waals surface area contributed by atoms with E-state index in [0.29, 0.717) is 0 Å². The van der Waals surface area contributed by atoms with Gasteiger partial charge in [-0.1, -0.05) is 6.08 Å². The van der Waals surface area contributed by atoms with E-state index in [1.165, 1.54) is 0 Å². The van der Waals surface area contributed by atoms with Crippen LogP contribution in [0.25, 0.3) is 27.9 Å². The van der Waals surface area contributed by atoms with Gasteiger partial charge in [0.2, 0.25) is 5.95 Å². The molecule has 3 aromatic heterocycles. The van der Waals surface area contributed by atoms with Crippen LogP contribution < -0.4 is 5.73 Å². The normalized spacial score (nSPS) is 13.8. The minimum atomic E-state index is 0.258. The van der Waals surface area contributed by atoms with Crippen LogP contribution in [0.1, 0.15) is 5.56 Å². The topological polar surface area (TPSA) is 92.8 Å². The maximum atomic E-state index is 5.69. The summed E-state index contributed by atoms with van der Waals surface area (Å²) in [6.07, 6.45) is 9.33. The maximum absolute atomic E-state index is 5.69. The third-order valence-corrected chi connectivity index (χ3v) is 3.48. The lowest BCUT2D eigenvalue weighted by Crippen LogP contribution is -1.95. The van der Waals surface area contributed by atoms with E-state index in [1.807, 2.05) is 24.5 Å². The average Bonchev–Trinajstić information content (AvgIpc) is 3.16. The fourth-order valence-electron chi connectivity index (χ4n) is 2.56. The SMILES string of the molecule is Nc1nccc(-c2c[nH]c3nccc(C4=CCN=C4)c23)n1. The number of hydrogen-bond acceptors (Lipinski definition) is 5. The molecule has 21 heavy (non-hydrogen) atoms. The predicted octanol–water partition coefficient (Wildman–Crippen LogP) is 2.07. The fourth-order valence-corrected chi connectivity index (χ4v) is 2.56. The Balaban J connectivity index is 2.00. The zero-order valence-corrected chi connectivity index (χ0v) is 11.1. The average molecular weight is 276 g/mol. The molecule has 0 amide bonds. The Kier molecular flexibility index (Phi) is 2.53. The lowest BCUT2D eigenvalue weighted by Gasteiger charge is -2.05. The quantitative estimate of drug-likeness (QED) is 0.749. The molecule has 1 aliphatic rings. The first-order valence-corrected chi connectivity index (χ1v) is 6.58. The van der Waals surface area contributed by atoms with Gasteiger partial charge in [-0.25, -0.2) is 15.0 Å². The number of allylic oxidation sites excluding steroid dienone is 1. The van der Waals surface area contributed by atoms with Crippen molar-refractivity contribution in [2.45, 2.75) is 0 Å². The van der Waals surface area contributed by atoms with Gasteiger partial charge in [-0.2, -0.15) is 0 Å². The molecule has 3 aromatic rings. The Bertz CT molecular complexity index is 890. The van der Waals surface area contributed by atoms with Gasteiger partial charge in [0, 0.05) is 35.8 Å². The zero-order valence-electron chi connectivity index (χ0n) is 11.1. The summed E-state index contributed by atoms with van der Waals surface area (Å²) in [7, 11) is 0. The molecule has 0 bridgehead atoms. The number of anilines is 1. The molecule has 0 spiro atoms. The van der Waals surface area contributed by atoms with E-state index in [9.17, 15) is 0 Å². The van der Waals surface area contributed by atoms with Gasteiger partial charge in [-0.3, -0.25) is 4.99 Å². The first-order chi connectivity index (χ1) is 10.3. The van der Waals surface area contributed by atoms with Crippen molar-refractivity contribution in [2.75, 3.05) is 12.3 Å². The number of nitrogens with two attached hydrogens (primary N) is 1. The molecule has 0 saturated heterocycles. The van der Waals surface area contributed by atoms with Crippen LogP contribution in [0.2, 0.25) is 0 Å². The molecule has 102 valence electrons. The number of nitrogens with one attached hydrogen (secondary N) is 1. The fraction of sp³-hybridized carbons (Fsp3) is 0.0667. The first kappa shape index (κ1) is 11.8. The van der Waals surface area contributed by atoms with Gasteiger partial charge < -0.3 is 10.7 Å². The van der Waals surface area contributed by atoms with Crippen LogP contribution in [0.5, 0.6) is 0 Å². The Morgan fingerprint density at radius 3 is 2.81 bits per heavy atom. The molecule has 0 aromatic carbocycles. The van der Waals surface area contributed by atoms with Crippen molar-refractivity contribution >= 4 is 28.8 Å². The molecule has 6 heteroatoms. The standard InChI is InChI=1S/C15H12N6/c16-15-19-6-3-12(21-15)11-8-20-14-13(11)10(2-5-18-14)9-1-4-17-7-9/h1-3,5-8H,4H2,(H,18,20)(H2,16,19,21). The Morgan fingerprint density at radius 1 is 1.10 bits per heavy atom. The van der Waals surface area contributed by atoms with Gasteiger partial charge in [-0.05, 0) is 23.3 Å². The van der Waals surface area contributed by atoms with Crippen LogP contribution in [0.4, 0.5) is 5.95 Å². The third-order valence-electron chi connectivity index (χ3n) is 3.48. The highest BCUT2D eigenvalue weighted by atomic mass is 15.0. The molecule has 3 N–H and O–H groups in total. The molecule has 4 heterocycles. The largest absolute Gasteiger partial charge is 0.368 e. The van der Waals surface area contributed by atoms with Crippen molar-refractivity contribution in [3.8, 4) is 11.3 Å². The number of rotatable bonds is 2. The van der Waals surface area contributed by atoms with Crippen molar-refractivity contribution in [3.05, 3.63) is 42.4 Å². The lowest BCUT2D eigenvalue weighted by molar-refractivity contribution is 1.19. The van der Waals surface area contributed by atoms with Gasteiger partial charge in [0.25, 0.3) is 0 Å². The van der Waals surface area contributed by atoms with E-state index in [4.69, 9.17) is 5.73 Å². The number of nitrogen functional groups attached to an aromatic ring is 1. The van der Waals surface area contributed by atoms with E-state index < -0.39 is 0 Å². The van der Waals surface area contributed by atoms with Gasteiger partial charge in [0.1, 0.15) is 5.65 Å². The number of fused-ring (bicyclic) bond motifs is 1. The van der Waals surface area contributed by atoms with E-state index in [0.717, 1.165) is 40.0 Å². The van der Waals surface area contributed by atoms with E-state index in [2.05, 4.69) is 31.0 Å². The minimum absolute atomic E-state index is 0.258. The molecule has 0 unspecified atom stereocenters. The minimum Gasteiger partial charge on any atom is -0.368 e. The van der Waals surface area contributed by atoms with Crippen LogP contribution in [-0.4, -0.2) is 32.7 Å². The van der Waals surface area contributed by atoms with E-state index in [1.54, 1.807) is 12.4 Å². The van der Waals surface area contributed by atoms with Crippen LogP contribution in [0.3, 0.4) is 0 Å². The number of aliphatic imine (C=N–C) groups is 1. The molecule has 0 fully saturated rings. The zero-order chi connectivity index (χ0) is 14.2. The predicted molar refractivity (Wildman–Crippen MR) is 82.9 cm³/mol. The van der Waals surface area contributed by atoms with Crippen molar-refractivity contribution in [3.63, 3.8) is 0 Å². The third kappa shape index (κ3) is 1.88. The van der Waals surface area contributed by atoms with Crippen molar-refractivity contribution in [1.29, 1.82) is 0 Å². The maximum Gasteiger partial charge on any atom is 0.220 e. The van der Waals surface area contributed by atoms with Crippen LogP contribution >= 0.6 is 0 Å². The monoisotopic (exact) mass is 276 g/mol. The molecule has 0 saturated carbocycles. The summed E-state index contributed by atoms with van der Waals surface area (Å²) >= 11 is 0. The number of hydrogen-bond donors (Lipinski definition) is 2. The smallest absolute Gasteiger partial charge is 0.220 e. The number of aromatic nitrogens is 4. The van der Waals surface area contributed by atoms with Crippen molar-refractivity contribution < 1.29 is 0 Å². The summed E-state index contributed by atoms with van der Waals surface area (Å²) in [5, 5.41) is 1.02. The molecular weight excluding hydrogens is 264 g/mol. The summed E-state index contributed by atoms with van der Waals surface area (Å²) in [6, 6.07) is 3.83. The van der Waals surface area contributed by atoms with Crippen LogP contribution in [-0.2, 0) is 0 Å². The first-order valence-electron chi connectivity index (χ1n) is 6.58. The number of H-pyrrole nitrogens is 1. The second-order valence-corrected chi connectivity index (χ2v) is 4.74. The Labute approximate surface area is 120 Å². The van der Waals surface area contributed by atoms with Crippen molar-refractivity contribution in [2.24, 2.45) is 4.99 Å². The van der Waals surface area contributed by atoms with E-state index in [-0.39, 0.29) is 5.95 Å². The van der Waals surface area contributed by atoms with Crippen LogP contribution in [0.15, 0.2) is 41.8 Å². The molecule has 4 rings (SSSR count). The molecule has 1 aliphatic heterocycles. The number of aromatic amines is 1. The highest BCUT2D eigenvalue weighted by Crippen LogP contribution is 2.32. The number of nitrogens with zero attached hydrogens (tertiary/aromatic N) is 4. The van der Waals surface area contributed by atoms with Gasteiger partial charge in [-0.15, -0.1) is 0 Å². The summed E-state index contributed by atoms with van der Waals surface area (Å²) in [4.78, 5) is 20.1. The number of pyridine rings is 1. The molecule has 6 nitrogen and oxygen atoms in total. The van der Waals surface area contributed by atoms with E-state index >= 15 is 0 Å². The summed E-state index contributed by atoms with van der Waals surface area (Å²) < 4.78 is 0. The summed E-state index contributed by atoms with van der Waals surface area (Å²) in [5.74, 6) is 0.258. The van der Waals surface area contributed by atoms with Crippen LogP contribution in [0, 0.1) is 0 Å². The Morgan fingerprint density at radius 2 is 2.00 bits per heavy atom. The van der Waals surface area contributed by atoms with Crippen molar-refractivity contribution in [1.82, 2.24) is 19.9 Å². The highest BCUT2D eigenvalue weighted by molar-refractivity contribution is 6.17. The second-order valence-electron chi connectivity index (χ2n) is 4.74. The van der Waals surface area contributed by atoms with Gasteiger partial charge in [0.15, 0.2) is 0 Å². The van der Waals surface area contributed by atoms with Gasteiger partial charge >= 0.3 is 0 Å². The lowest BCUT2D eigenvalue weighted by atomic mass is 10.0. The second kappa shape index (κ2) is 4.52. The summed E-state index contributed by atoms with van der Waals surface area (Å²) in [6.45, 7) is 0.722. The van der Waals surface area contributed by atoms with Gasteiger partial charge in [0.05, 0.1) is 12.2 Å². The molecule has 0 atom stereocenters. The molecular formula is C15H12N6. The highest BCUT2D eigenvalue weighted by Gasteiger charge is 2.15. The summed E-state index contributed by atoms with van der Waals surface area (Å²) in [5.41, 5.74) is 10.4. The molecule has 0 aliphatic carbocycles. The molecule has 0 radical (unpaired) electrons. The Hall–Kier alpha value is -3.02.